The lowest BCUT2D eigenvalue weighted by atomic mass is 9.65. The molecular weight excluding hydrogens is 488 g/mol. The quantitative estimate of drug-likeness (QED) is 0.374. The SMILES string of the molecule is CC1(C)O[C@@H](C[C@H](C(=O)SC(C)(C)C)[C@@H]2CCC3=C(Sc4ccccc4)C(=O)CC[C@]32C)C(C)(C)O1. The summed E-state index contributed by atoms with van der Waals surface area (Å²) in [6.45, 7) is 16.7. The number of ether oxygens (including phenoxy) is 2. The third kappa shape index (κ3) is 5.82. The van der Waals surface area contributed by atoms with Crippen molar-refractivity contribution in [3.63, 3.8) is 0 Å². The number of hydrogen-bond acceptors (Lipinski definition) is 6. The first-order valence-corrected chi connectivity index (χ1v) is 14.9. The molecule has 0 unspecified atom stereocenters. The molecule has 4 rings (SSSR count). The van der Waals surface area contributed by atoms with Crippen LogP contribution in [0.1, 0.15) is 87.5 Å². The van der Waals surface area contributed by atoms with E-state index in [2.05, 4.69) is 53.7 Å². The van der Waals surface area contributed by atoms with E-state index < -0.39 is 11.4 Å². The van der Waals surface area contributed by atoms with Gasteiger partial charge in [0, 0.05) is 22.0 Å². The van der Waals surface area contributed by atoms with Crippen molar-refractivity contribution in [2.24, 2.45) is 17.3 Å². The van der Waals surface area contributed by atoms with Crippen molar-refractivity contribution in [1.82, 2.24) is 0 Å². The van der Waals surface area contributed by atoms with E-state index in [0.29, 0.717) is 12.8 Å². The normalized spacial score (nSPS) is 30.4. The van der Waals surface area contributed by atoms with Gasteiger partial charge in [0.15, 0.2) is 16.7 Å². The molecule has 0 bridgehead atoms. The highest BCUT2D eigenvalue weighted by molar-refractivity contribution is 8.14. The van der Waals surface area contributed by atoms with E-state index in [1.165, 1.54) is 17.3 Å². The number of ketones is 1. The van der Waals surface area contributed by atoms with E-state index in [1.54, 1.807) is 11.8 Å². The van der Waals surface area contributed by atoms with Crippen molar-refractivity contribution in [2.75, 3.05) is 0 Å². The Bertz CT molecular complexity index is 1040. The van der Waals surface area contributed by atoms with Gasteiger partial charge in [0.1, 0.15) is 0 Å². The lowest BCUT2D eigenvalue weighted by Crippen LogP contribution is -2.41. The summed E-state index contributed by atoms with van der Waals surface area (Å²) in [5, 5.41) is 0.244. The molecule has 2 fully saturated rings. The van der Waals surface area contributed by atoms with Gasteiger partial charge in [-0.25, -0.2) is 0 Å². The second kappa shape index (κ2) is 9.91. The second-order valence-corrected chi connectivity index (χ2v) is 15.7. The standard InChI is InChI=1S/C30H42O4S2/c1-27(2,3)36-26(32)20(18-24-28(4,5)34-29(6,7)33-24)21-14-15-22-25(23(31)16-17-30(21,22)8)35-19-12-10-9-11-13-19/h9-13,20-21,24H,14-18H2,1-8H3/t20-,21-,24-,30-/m0/s1. The predicted octanol–water partition coefficient (Wildman–Crippen LogP) is 7.81. The van der Waals surface area contributed by atoms with Crippen molar-refractivity contribution < 1.29 is 19.1 Å². The highest BCUT2D eigenvalue weighted by atomic mass is 32.2. The van der Waals surface area contributed by atoms with Crippen molar-refractivity contribution in [3.8, 4) is 0 Å². The summed E-state index contributed by atoms with van der Waals surface area (Å²) >= 11 is 3.06. The number of allylic oxidation sites excluding steroid dienone is 2. The van der Waals surface area contributed by atoms with Crippen LogP contribution in [0.2, 0.25) is 0 Å². The summed E-state index contributed by atoms with van der Waals surface area (Å²) < 4.78 is 12.4. The molecule has 1 heterocycles. The Balaban J connectivity index is 1.69. The highest BCUT2D eigenvalue weighted by Gasteiger charge is 2.55. The zero-order valence-corrected chi connectivity index (χ0v) is 24.7. The molecule has 1 aliphatic heterocycles. The molecule has 0 amide bonds. The Labute approximate surface area is 225 Å². The monoisotopic (exact) mass is 530 g/mol. The van der Waals surface area contributed by atoms with Crippen molar-refractivity contribution >= 4 is 34.4 Å². The number of hydrogen-bond donors (Lipinski definition) is 0. The molecule has 198 valence electrons. The van der Waals surface area contributed by atoms with Crippen LogP contribution in [0.25, 0.3) is 0 Å². The third-order valence-corrected chi connectivity index (χ3v) is 10.3. The Morgan fingerprint density at radius 1 is 1.08 bits per heavy atom. The zero-order chi connectivity index (χ0) is 26.5. The van der Waals surface area contributed by atoms with Crippen LogP contribution in [0.3, 0.4) is 0 Å². The minimum absolute atomic E-state index is 0.158. The Kier molecular flexibility index (Phi) is 7.69. The molecule has 0 radical (unpaired) electrons. The van der Waals surface area contributed by atoms with Crippen LogP contribution in [0.5, 0.6) is 0 Å². The van der Waals surface area contributed by atoms with E-state index in [9.17, 15) is 9.59 Å². The molecule has 1 saturated carbocycles. The topological polar surface area (TPSA) is 52.6 Å². The Hall–Kier alpha value is -1.08. The predicted molar refractivity (Wildman–Crippen MR) is 149 cm³/mol. The van der Waals surface area contributed by atoms with Gasteiger partial charge in [0.2, 0.25) is 0 Å². The van der Waals surface area contributed by atoms with E-state index in [-0.39, 0.29) is 39.0 Å². The first-order chi connectivity index (χ1) is 16.6. The van der Waals surface area contributed by atoms with Crippen LogP contribution in [0.15, 0.2) is 45.7 Å². The van der Waals surface area contributed by atoms with E-state index >= 15 is 0 Å². The molecule has 2 aliphatic carbocycles. The fraction of sp³-hybridized carbons (Fsp3) is 0.667. The van der Waals surface area contributed by atoms with Gasteiger partial charge in [0.25, 0.3) is 0 Å². The van der Waals surface area contributed by atoms with Gasteiger partial charge in [0.05, 0.1) is 16.6 Å². The van der Waals surface area contributed by atoms with Crippen molar-refractivity contribution in [1.29, 1.82) is 0 Å². The Morgan fingerprint density at radius 3 is 2.33 bits per heavy atom. The highest BCUT2D eigenvalue weighted by Crippen LogP contribution is 2.60. The fourth-order valence-electron chi connectivity index (χ4n) is 6.43. The van der Waals surface area contributed by atoms with E-state index in [4.69, 9.17) is 9.47 Å². The molecule has 1 aromatic rings. The van der Waals surface area contributed by atoms with Crippen LogP contribution < -0.4 is 0 Å². The average Bonchev–Trinajstić information content (AvgIpc) is 3.19. The summed E-state index contributed by atoms with van der Waals surface area (Å²) in [6.07, 6.45) is 3.63. The van der Waals surface area contributed by atoms with Crippen molar-refractivity contribution in [3.05, 3.63) is 40.8 Å². The number of fused-ring (bicyclic) bond motifs is 1. The fourth-order valence-corrected chi connectivity index (χ4v) is 8.65. The number of Topliss-reactive ketones (excluding diaryl/α,β-unsaturated/α-hetero) is 1. The lowest BCUT2D eigenvalue weighted by Gasteiger charge is -2.42. The summed E-state index contributed by atoms with van der Waals surface area (Å²) in [5.74, 6) is -0.396. The van der Waals surface area contributed by atoms with Crippen LogP contribution in [-0.2, 0) is 19.1 Å². The van der Waals surface area contributed by atoms with Crippen molar-refractivity contribution in [2.45, 2.75) is 115 Å². The number of rotatable bonds is 6. The molecule has 1 aromatic carbocycles. The van der Waals surface area contributed by atoms with Gasteiger partial charge in [-0.3, -0.25) is 9.59 Å². The van der Waals surface area contributed by atoms with Crippen LogP contribution in [0, 0.1) is 17.3 Å². The van der Waals surface area contributed by atoms with Gasteiger partial charge in [-0.15, -0.1) is 0 Å². The molecule has 0 aromatic heterocycles. The molecule has 4 nitrogen and oxygen atoms in total. The summed E-state index contributed by atoms with van der Waals surface area (Å²) in [4.78, 5) is 29.1. The maximum Gasteiger partial charge on any atom is 0.192 e. The largest absolute Gasteiger partial charge is 0.344 e. The minimum Gasteiger partial charge on any atom is -0.344 e. The second-order valence-electron chi connectivity index (χ2n) is 12.8. The van der Waals surface area contributed by atoms with E-state index in [0.717, 1.165) is 29.1 Å². The Morgan fingerprint density at radius 2 is 1.75 bits per heavy atom. The summed E-state index contributed by atoms with van der Waals surface area (Å²) in [5.41, 5.74) is 0.631. The number of thioether (sulfide) groups is 2. The first kappa shape index (κ1) is 27.9. The summed E-state index contributed by atoms with van der Waals surface area (Å²) in [7, 11) is 0. The molecule has 36 heavy (non-hydrogen) atoms. The van der Waals surface area contributed by atoms with Gasteiger partial charge in [-0.1, -0.05) is 69.4 Å². The van der Waals surface area contributed by atoms with Gasteiger partial charge < -0.3 is 9.47 Å². The molecule has 0 spiro atoms. The molecule has 3 aliphatic rings. The number of carbonyl (C=O) groups excluding carboxylic acids is 2. The smallest absolute Gasteiger partial charge is 0.192 e. The van der Waals surface area contributed by atoms with Crippen LogP contribution in [-0.4, -0.2) is 33.1 Å². The van der Waals surface area contributed by atoms with E-state index in [1.807, 2.05) is 32.0 Å². The molecular formula is C30H42O4S2. The molecule has 6 heteroatoms. The van der Waals surface area contributed by atoms with Crippen LogP contribution in [0.4, 0.5) is 0 Å². The van der Waals surface area contributed by atoms with Gasteiger partial charge in [-0.2, -0.15) is 0 Å². The van der Waals surface area contributed by atoms with Gasteiger partial charge >= 0.3 is 0 Å². The number of benzene rings is 1. The average molecular weight is 531 g/mol. The lowest BCUT2D eigenvalue weighted by molar-refractivity contribution is -0.158. The molecule has 1 saturated heterocycles. The maximum atomic E-state index is 13.9. The third-order valence-electron chi connectivity index (χ3n) is 7.95. The molecule has 0 N–H and O–H groups in total. The summed E-state index contributed by atoms with van der Waals surface area (Å²) in [6, 6.07) is 10.2. The molecule has 4 atom stereocenters. The number of carbonyl (C=O) groups is 2. The maximum absolute atomic E-state index is 13.9. The minimum atomic E-state index is -0.666. The van der Waals surface area contributed by atoms with Gasteiger partial charge in [-0.05, 0) is 82.4 Å². The first-order valence-electron chi connectivity index (χ1n) is 13.2. The zero-order valence-electron chi connectivity index (χ0n) is 23.1. The van der Waals surface area contributed by atoms with Crippen LogP contribution >= 0.6 is 23.5 Å².